The van der Waals surface area contributed by atoms with Gasteiger partial charge >= 0.3 is 0 Å². The molecule has 0 aromatic heterocycles. The summed E-state index contributed by atoms with van der Waals surface area (Å²) in [6.07, 6.45) is 2.15. The Morgan fingerprint density at radius 2 is 1.31 bits per heavy atom. The van der Waals surface area contributed by atoms with Crippen LogP contribution in [0.5, 0.6) is 0 Å². The quantitative estimate of drug-likeness (QED) is 0.559. The summed E-state index contributed by atoms with van der Waals surface area (Å²) in [5.74, 6) is 0.542. The molecule has 2 heteroatoms. The summed E-state index contributed by atoms with van der Waals surface area (Å²) >= 11 is 0. The highest BCUT2D eigenvalue weighted by Crippen LogP contribution is 2.38. The van der Waals surface area contributed by atoms with E-state index in [2.05, 4.69) is 67.5 Å². The van der Waals surface area contributed by atoms with Crippen molar-refractivity contribution in [3.8, 4) is 0 Å². The van der Waals surface area contributed by atoms with Crippen LogP contribution in [-0.4, -0.2) is 13.2 Å². The molecule has 1 aliphatic heterocycles. The van der Waals surface area contributed by atoms with Gasteiger partial charge in [-0.1, -0.05) is 69.7 Å². The number of hydrogen-bond acceptors (Lipinski definition) is 2. The molecule has 0 spiro atoms. The lowest BCUT2D eigenvalue weighted by molar-refractivity contribution is -0.206. The Bertz CT molecular complexity index is 518. The molecule has 0 amide bonds. The van der Waals surface area contributed by atoms with E-state index in [9.17, 15) is 0 Å². The van der Waals surface area contributed by atoms with E-state index in [4.69, 9.17) is 9.47 Å². The van der Waals surface area contributed by atoms with Crippen molar-refractivity contribution >= 4 is 0 Å². The molecule has 1 aromatic carbocycles. The van der Waals surface area contributed by atoms with Gasteiger partial charge in [0.1, 0.15) is 0 Å². The van der Waals surface area contributed by atoms with Crippen LogP contribution >= 0.6 is 0 Å². The maximum Gasteiger partial charge on any atom is 0.183 e. The van der Waals surface area contributed by atoms with Gasteiger partial charge in [-0.25, -0.2) is 0 Å². The first-order chi connectivity index (χ1) is 11.0. The van der Waals surface area contributed by atoms with Crippen LogP contribution in [0.1, 0.15) is 105 Å². The third-order valence-corrected chi connectivity index (χ3v) is 4.98. The van der Waals surface area contributed by atoms with Gasteiger partial charge in [0.05, 0.1) is 13.2 Å². The first kappa shape index (κ1) is 25.1. The predicted molar refractivity (Wildman–Crippen MR) is 115 cm³/mol. The minimum Gasteiger partial charge on any atom is -0.348 e. The first-order valence-electron chi connectivity index (χ1n) is 9.42. The summed E-state index contributed by atoms with van der Waals surface area (Å²) in [4.78, 5) is 0. The maximum atomic E-state index is 6.08. The Kier molecular flexibility index (Phi) is 9.06. The molecule has 1 fully saturated rings. The summed E-state index contributed by atoms with van der Waals surface area (Å²) in [5.41, 5.74) is 5.59. The van der Waals surface area contributed by atoms with Crippen LogP contribution in [0.15, 0.2) is 12.1 Å². The largest absolute Gasteiger partial charge is 0.348 e. The van der Waals surface area contributed by atoms with E-state index in [1.165, 1.54) is 35.1 Å². The fourth-order valence-corrected chi connectivity index (χ4v) is 3.74. The van der Waals surface area contributed by atoms with Gasteiger partial charge in [-0.3, -0.25) is 0 Å². The Morgan fingerprint density at radius 1 is 0.885 bits per heavy atom. The molecule has 1 aromatic rings. The summed E-state index contributed by atoms with van der Waals surface area (Å²) in [7, 11) is 0. The molecule has 0 unspecified atom stereocenters. The van der Waals surface area contributed by atoms with Gasteiger partial charge in [0, 0.05) is 11.5 Å². The number of ether oxygens (including phenoxy) is 2. The lowest BCUT2D eigenvalue weighted by Gasteiger charge is -2.33. The van der Waals surface area contributed by atoms with Gasteiger partial charge in [0.25, 0.3) is 0 Å². The summed E-state index contributed by atoms with van der Waals surface area (Å²) < 4.78 is 12.2. The molecule has 0 saturated carbocycles. The summed E-state index contributed by atoms with van der Waals surface area (Å²) in [5, 5.41) is 0. The van der Waals surface area contributed by atoms with E-state index >= 15 is 0 Å². The van der Waals surface area contributed by atoms with Crippen LogP contribution in [0.2, 0.25) is 0 Å². The van der Waals surface area contributed by atoms with Crippen LogP contribution in [-0.2, 0) is 20.3 Å². The van der Waals surface area contributed by atoms with Gasteiger partial charge in [0.2, 0.25) is 0 Å². The van der Waals surface area contributed by atoms with Crippen molar-refractivity contribution in [1.29, 1.82) is 0 Å². The third kappa shape index (κ3) is 5.82. The smallest absolute Gasteiger partial charge is 0.183 e. The van der Waals surface area contributed by atoms with E-state index in [1.54, 1.807) is 0 Å². The zero-order valence-corrected chi connectivity index (χ0v) is 17.0. The molecule has 1 heterocycles. The van der Waals surface area contributed by atoms with Crippen molar-refractivity contribution in [3.63, 3.8) is 0 Å². The van der Waals surface area contributed by atoms with Crippen LogP contribution in [0, 0.1) is 12.8 Å². The SMILES string of the molecule is C.C.CCCC1COC(c2cc(C(C)(C)C)c(C)c(C(C)(C)C)c2)OC1. The fourth-order valence-electron chi connectivity index (χ4n) is 3.74. The molecular formula is C24H44O2. The van der Waals surface area contributed by atoms with Gasteiger partial charge < -0.3 is 9.47 Å². The van der Waals surface area contributed by atoms with Crippen molar-refractivity contribution < 1.29 is 9.47 Å². The highest BCUT2D eigenvalue weighted by Gasteiger charge is 2.29. The highest BCUT2D eigenvalue weighted by atomic mass is 16.7. The Hall–Kier alpha value is -0.860. The second kappa shape index (κ2) is 9.37. The molecule has 1 saturated heterocycles. The molecule has 2 rings (SSSR count). The molecule has 0 radical (unpaired) electrons. The van der Waals surface area contributed by atoms with E-state index in [0.29, 0.717) is 5.92 Å². The molecule has 0 bridgehead atoms. The van der Waals surface area contributed by atoms with E-state index in [-0.39, 0.29) is 32.0 Å². The first-order valence-corrected chi connectivity index (χ1v) is 9.42. The molecule has 152 valence electrons. The van der Waals surface area contributed by atoms with Gasteiger partial charge in [-0.05, 0) is 53.0 Å². The summed E-state index contributed by atoms with van der Waals surface area (Å²) in [6, 6.07) is 4.60. The predicted octanol–water partition coefficient (Wildman–Crippen LogP) is 7.32. The van der Waals surface area contributed by atoms with Crippen molar-refractivity contribution in [2.24, 2.45) is 5.92 Å². The minimum absolute atomic E-state index is 0. The van der Waals surface area contributed by atoms with Crippen molar-refractivity contribution in [2.75, 3.05) is 13.2 Å². The van der Waals surface area contributed by atoms with Gasteiger partial charge in [0.15, 0.2) is 6.29 Å². The zero-order valence-electron chi connectivity index (χ0n) is 17.0. The molecular weight excluding hydrogens is 320 g/mol. The third-order valence-electron chi connectivity index (χ3n) is 4.98. The molecule has 1 aliphatic rings. The number of rotatable bonds is 3. The van der Waals surface area contributed by atoms with Crippen molar-refractivity contribution in [2.45, 2.75) is 100 Å². The van der Waals surface area contributed by atoms with Crippen LogP contribution in [0.25, 0.3) is 0 Å². The molecule has 2 nitrogen and oxygen atoms in total. The van der Waals surface area contributed by atoms with Crippen LogP contribution < -0.4 is 0 Å². The zero-order chi connectivity index (χ0) is 18.1. The maximum absolute atomic E-state index is 6.08. The molecule has 0 N–H and O–H groups in total. The highest BCUT2D eigenvalue weighted by molar-refractivity contribution is 5.45. The molecule has 26 heavy (non-hydrogen) atoms. The Labute approximate surface area is 163 Å². The number of benzene rings is 1. The Morgan fingerprint density at radius 3 is 1.65 bits per heavy atom. The number of hydrogen-bond donors (Lipinski definition) is 0. The second-order valence-corrected chi connectivity index (χ2v) is 9.39. The van der Waals surface area contributed by atoms with E-state index in [1.807, 2.05) is 0 Å². The minimum atomic E-state index is -0.221. The second-order valence-electron chi connectivity index (χ2n) is 9.39. The lowest BCUT2D eigenvalue weighted by Crippen LogP contribution is -2.28. The Balaban J connectivity index is 0.00000312. The topological polar surface area (TPSA) is 18.5 Å². The average molecular weight is 365 g/mol. The standard InChI is InChI=1S/C22H36O2.2CH4/c1-9-10-16-13-23-20(24-14-16)17-11-18(21(3,4)5)15(2)19(12-17)22(6,7)8;;/h11-12,16,20H,9-10,13-14H2,1-8H3;2*1H4. The van der Waals surface area contributed by atoms with Crippen molar-refractivity contribution in [3.05, 3.63) is 34.4 Å². The van der Waals surface area contributed by atoms with Gasteiger partial charge in [-0.2, -0.15) is 0 Å². The van der Waals surface area contributed by atoms with E-state index in [0.717, 1.165) is 13.2 Å². The fraction of sp³-hybridized carbons (Fsp3) is 0.750. The van der Waals surface area contributed by atoms with Crippen LogP contribution in [0.4, 0.5) is 0 Å². The van der Waals surface area contributed by atoms with Gasteiger partial charge in [-0.15, -0.1) is 0 Å². The normalized spacial score (nSPS) is 20.9. The monoisotopic (exact) mass is 364 g/mol. The molecule has 0 aliphatic carbocycles. The molecule has 0 atom stereocenters. The van der Waals surface area contributed by atoms with Crippen LogP contribution in [0.3, 0.4) is 0 Å². The van der Waals surface area contributed by atoms with E-state index < -0.39 is 0 Å². The lowest BCUT2D eigenvalue weighted by atomic mass is 9.75. The summed E-state index contributed by atoms with van der Waals surface area (Å²) in [6.45, 7) is 19.8. The van der Waals surface area contributed by atoms with Crippen molar-refractivity contribution in [1.82, 2.24) is 0 Å². The average Bonchev–Trinajstić information content (AvgIpc) is 2.46.